The number of rotatable bonds is 9. The van der Waals surface area contributed by atoms with E-state index in [2.05, 4.69) is 5.32 Å². The van der Waals surface area contributed by atoms with Crippen molar-refractivity contribution in [3.05, 3.63) is 54.6 Å². The minimum absolute atomic E-state index is 0.304. The van der Waals surface area contributed by atoms with E-state index >= 15 is 0 Å². The van der Waals surface area contributed by atoms with Crippen LogP contribution in [0.1, 0.15) is 0 Å². The number of anilines is 1. The molecule has 8 heteroatoms. The molecule has 2 aromatic carbocycles. The van der Waals surface area contributed by atoms with E-state index in [4.69, 9.17) is 9.47 Å². The Hall–Kier alpha value is -2.58. The number of benzene rings is 2. The van der Waals surface area contributed by atoms with Crippen molar-refractivity contribution >= 4 is 21.6 Å². The fourth-order valence-corrected chi connectivity index (χ4v) is 3.04. The van der Waals surface area contributed by atoms with Gasteiger partial charge in [0.25, 0.3) is 0 Å². The van der Waals surface area contributed by atoms with E-state index in [1.54, 1.807) is 24.3 Å². The normalized spacial score (nSPS) is 11.0. The number of carbonyl (C=O) groups is 1. The van der Waals surface area contributed by atoms with Gasteiger partial charge in [-0.2, -0.15) is 0 Å². The molecule has 0 heterocycles. The highest BCUT2D eigenvalue weighted by atomic mass is 32.2. The Balaban J connectivity index is 2.09. The first-order valence-electron chi connectivity index (χ1n) is 7.96. The lowest BCUT2D eigenvalue weighted by molar-refractivity contribution is -0.119. The largest absolute Gasteiger partial charge is 0.457 e. The number of amides is 1. The predicted octanol–water partition coefficient (Wildman–Crippen LogP) is 2.01. The molecule has 2 aromatic rings. The van der Waals surface area contributed by atoms with Crippen LogP contribution in [0.25, 0.3) is 0 Å². The molecule has 0 saturated heterocycles. The molecule has 0 fully saturated rings. The molecule has 0 bridgehead atoms. The summed E-state index contributed by atoms with van der Waals surface area (Å²) in [6.45, 7) is 0.369. The van der Waals surface area contributed by atoms with Crippen LogP contribution in [0.5, 0.6) is 11.5 Å². The zero-order valence-electron chi connectivity index (χ0n) is 14.7. The van der Waals surface area contributed by atoms with Crippen molar-refractivity contribution in [2.75, 3.05) is 37.4 Å². The lowest BCUT2D eigenvalue weighted by Gasteiger charge is -2.22. The van der Waals surface area contributed by atoms with Gasteiger partial charge in [0, 0.05) is 13.7 Å². The van der Waals surface area contributed by atoms with Gasteiger partial charge >= 0.3 is 0 Å². The van der Waals surface area contributed by atoms with E-state index in [9.17, 15) is 13.2 Å². The van der Waals surface area contributed by atoms with Crippen molar-refractivity contribution in [3.8, 4) is 11.5 Å². The summed E-state index contributed by atoms with van der Waals surface area (Å²) in [6, 6.07) is 15.8. The van der Waals surface area contributed by atoms with Crippen molar-refractivity contribution < 1.29 is 22.7 Å². The van der Waals surface area contributed by atoms with E-state index in [1.807, 2.05) is 30.3 Å². The van der Waals surface area contributed by atoms with Gasteiger partial charge in [0.15, 0.2) is 0 Å². The van der Waals surface area contributed by atoms with E-state index in [0.29, 0.717) is 30.3 Å². The molecular weight excluding hydrogens is 356 g/mol. The minimum Gasteiger partial charge on any atom is -0.457 e. The first kappa shape index (κ1) is 19.7. The highest BCUT2D eigenvalue weighted by molar-refractivity contribution is 7.92. The van der Waals surface area contributed by atoms with Gasteiger partial charge in [0.2, 0.25) is 15.9 Å². The van der Waals surface area contributed by atoms with Gasteiger partial charge in [-0.3, -0.25) is 9.10 Å². The van der Waals surface area contributed by atoms with Crippen LogP contribution in [0.15, 0.2) is 54.6 Å². The number of hydrogen-bond acceptors (Lipinski definition) is 5. The first-order chi connectivity index (χ1) is 12.4. The highest BCUT2D eigenvalue weighted by Gasteiger charge is 2.20. The van der Waals surface area contributed by atoms with Gasteiger partial charge in [-0.25, -0.2) is 8.42 Å². The Labute approximate surface area is 153 Å². The summed E-state index contributed by atoms with van der Waals surface area (Å²) in [7, 11) is -2.09. The number of nitrogens with one attached hydrogen (secondary N) is 1. The first-order valence-corrected chi connectivity index (χ1v) is 9.81. The van der Waals surface area contributed by atoms with Gasteiger partial charge in [-0.15, -0.1) is 0 Å². The summed E-state index contributed by atoms with van der Waals surface area (Å²) in [5.41, 5.74) is 0.384. The molecule has 0 radical (unpaired) electrons. The number of sulfonamides is 1. The Morgan fingerprint density at radius 1 is 1.04 bits per heavy atom. The highest BCUT2D eigenvalue weighted by Crippen LogP contribution is 2.25. The quantitative estimate of drug-likeness (QED) is 0.675. The van der Waals surface area contributed by atoms with Crippen LogP contribution >= 0.6 is 0 Å². The van der Waals surface area contributed by atoms with Crippen LogP contribution in [-0.4, -0.2) is 47.4 Å². The molecule has 0 spiro atoms. The fraction of sp³-hybridized carbons (Fsp3) is 0.278. The SMILES string of the molecule is COCCNC(=O)CN(c1ccc(Oc2ccccc2)cc1)S(C)(=O)=O. The molecule has 1 N–H and O–H groups in total. The van der Waals surface area contributed by atoms with Crippen molar-refractivity contribution in [3.63, 3.8) is 0 Å². The molecular formula is C18H22N2O5S. The maximum absolute atomic E-state index is 12.1. The Morgan fingerprint density at radius 3 is 2.23 bits per heavy atom. The number of ether oxygens (including phenoxy) is 2. The summed E-state index contributed by atoms with van der Waals surface area (Å²) >= 11 is 0. The average molecular weight is 378 g/mol. The zero-order chi connectivity index (χ0) is 19.0. The van der Waals surface area contributed by atoms with Crippen LogP contribution in [0.2, 0.25) is 0 Å². The van der Waals surface area contributed by atoms with Gasteiger partial charge < -0.3 is 14.8 Å². The monoisotopic (exact) mass is 378 g/mol. The molecule has 0 aliphatic rings. The van der Waals surface area contributed by atoms with E-state index < -0.39 is 15.9 Å². The van der Waals surface area contributed by atoms with Gasteiger partial charge in [0.05, 0.1) is 18.6 Å². The van der Waals surface area contributed by atoms with E-state index in [0.717, 1.165) is 10.6 Å². The van der Waals surface area contributed by atoms with Gasteiger partial charge in [-0.1, -0.05) is 18.2 Å². The standard InChI is InChI=1S/C18H22N2O5S/c1-24-13-12-19-18(21)14-20(26(2,22)23)15-8-10-17(11-9-15)25-16-6-4-3-5-7-16/h3-11H,12-14H2,1-2H3,(H,19,21). The summed E-state index contributed by atoms with van der Waals surface area (Å²) in [6.07, 6.45) is 1.06. The molecule has 7 nitrogen and oxygen atoms in total. The molecule has 0 atom stereocenters. The molecule has 0 aliphatic carbocycles. The Kier molecular flexibility index (Phi) is 6.99. The van der Waals surface area contributed by atoms with Crippen molar-refractivity contribution in [1.82, 2.24) is 5.32 Å². The molecule has 1 amide bonds. The molecule has 2 rings (SSSR count). The Bertz CT molecular complexity index is 807. The molecule has 140 valence electrons. The van der Waals surface area contributed by atoms with Crippen LogP contribution in [-0.2, 0) is 19.6 Å². The van der Waals surface area contributed by atoms with Crippen molar-refractivity contribution in [2.24, 2.45) is 0 Å². The second kappa shape index (κ2) is 9.21. The van der Waals surface area contributed by atoms with E-state index in [1.165, 1.54) is 7.11 Å². The van der Waals surface area contributed by atoms with Crippen LogP contribution < -0.4 is 14.4 Å². The number of methoxy groups -OCH3 is 1. The molecule has 0 aliphatic heterocycles. The minimum atomic E-state index is -3.61. The number of hydrogen-bond donors (Lipinski definition) is 1. The summed E-state index contributed by atoms with van der Waals surface area (Å²) in [5.74, 6) is 0.841. The van der Waals surface area contributed by atoms with E-state index in [-0.39, 0.29) is 6.54 Å². The number of carbonyl (C=O) groups excluding carboxylic acids is 1. The second-order valence-electron chi connectivity index (χ2n) is 5.52. The van der Waals surface area contributed by atoms with Gasteiger partial charge in [0.1, 0.15) is 18.0 Å². The number of para-hydroxylation sites is 1. The van der Waals surface area contributed by atoms with Crippen LogP contribution in [0.3, 0.4) is 0 Å². The maximum atomic E-state index is 12.1. The summed E-state index contributed by atoms with van der Waals surface area (Å²) in [4.78, 5) is 12.0. The third-order valence-corrected chi connectivity index (χ3v) is 4.56. The van der Waals surface area contributed by atoms with Gasteiger partial charge in [-0.05, 0) is 36.4 Å². The zero-order valence-corrected chi connectivity index (χ0v) is 15.5. The lowest BCUT2D eigenvalue weighted by Crippen LogP contribution is -2.41. The molecule has 26 heavy (non-hydrogen) atoms. The summed E-state index contributed by atoms with van der Waals surface area (Å²) in [5, 5.41) is 2.61. The third-order valence-electron chi connectivity index (χ3n) is 3.42. The lowest BCUT2D eigenvalue weighted by atomic mass is 10.3. The average Bonchev–Trinajstić information content (AvgIpc) is 2.61. The fourth-order valence-electron chi connectivity index (χ4n) is 2.18. The molecule has 0 aromatic heterocycles. The number of nitrogens with zero attached hydrogens (tertiary/aromatic N) is 1. The topological polar surface area (TPSA) is 84.9 Å². The third kappa shape index (κ3) is 6.05. The van der Waals surface area contributed by atoms with Crippen molar-refractivity contribution in [1.29, 1.82) is 0 Å². The van der Waals surface area contributed by atoms with Crippen LogP contribution in [0.4, 0.5) is 5.69 Å². The predicted molar refractivity (Wildman–Crippen MR) is 100 cm³/mol. The molecule has 0 saturated carbocycles. The Morgan fingerprint density at radius 2 is 1.65 bits per heavy atom. The summed E-state index contributed by atoms with van der Waals surface area (Å²) < 4.78 is 35.7. The molecule has 0 unspecified atom stereocenters. The smallest absolute Gasteiger partial charge is 0.240 e. The van der Waals surface area contributed by atoms with Crippen LogP contribution in [0, 0.1) is 0 Å². The van der Waals surface area contributed by atoms with Crippen molar-refractivity contribution in [2.45, 2.75) is 0 Å². The maximum Gasteiger partial charge on any atom is 0.240 e. The second-order valence-corrected chi connectivity index (χ2v) is 7.43.